The van der Waals surface area contributed by atoms with Gasteiger partial charge in [0.1, 0.15) is 0 Å². The molecule has 0 spiro atoms. The molecule has 1 fully saturated rings. The van der Waals surface area contributed by atoms with Crippen molar-refractivity contribution in [2.24, 2.45) is 10.9 Å². The maximum Gasteiger partial charge on any atom is 0.193 e. The van der Waals surface area contributed by atoms with Crippen LogP contribution < -0.4 is 5.32 Å². The van der Waals surface area contributed by atoms with E-state index in [9.17, 15) is 0 Å². The summed E-state index contributed by atoms with van der Waals surface area (Å²) in [6, 6.07) is 10.4. The van der Waals surface area contributed by atoms with Crippen LogP contribution >= 0.6 is 24.0 Å². The van der Waals surface area contributed by atoms with E-state index in [1.54, 1.807) is 0 Å². The number of rotatable bonds is 4. The molecule has 4 nitrogen and oxygen atoms in total. The minimum absolute atomic E-state index is 0. The molecule has 0 amide bonds. The van der Waals surface area contributed by atoms with Gasteiger partial charge in [-0.2, -0.15) is 0 Å². The van der Waals surface area contributed by atoms with Crippen LogP contribution in [0.4, 0.5) is 0 Å². The highest BCUT2D eigenvalue weighted by Crippen LogP contribution is 2.13. The predicted molar refractivity (Wildman–Crippen MR) is 93.6 cm³/mol. The summed E-state index contributed by atoms with van der Waals surface area (Å²) in [4.78, 5) is 6.52. The summed E-state index contributed by atoms with van der Waals surface area (Å²) in [7, 11) is 3.91. The number of halogens is 1. The highest BCUT2D eigenvalue weighted by atomic mass is 127. The van der Waals surface area contributed by atoms with E-state index in [2.05, 4.69) is 46.5 Å². The van der Waals surface area contributed by atoms with Gasteiger partial charge >= 0.3 is 0 Å². The van der Waals surface area contributed by atoms with Crippen LogP contribution in [0.15, 0.2) is 35.3 Å². The molecule has 1 aliphatic heterocycles. The molecular weight excluding hydrogens is 365 g/mol. The Labute approximate surface area is 138 Å². The van der Waals surface area contributed by atoms with Crippen LogP contribution in [-0.4, -0.2) is 44.7 Å². The number of ether oxygens (including phenoxy) is 1. The summed E-state index contributed by atoms with van der Waals surface area (Å²) in [5.41, 5.74) is 1.27. The third-order valence-electron chi connectivity index (χ3n) is 3.42. The molecule has 1 unspecified atom stereocenters. The van der Waals surface area contributed by atoms with Gasteiger partial charge in [-0.3, -0.25) is 4.99 Å². The molecule has 1 aromatic carbocycles. The maximum atomic E-state index is 5.41. The van der Waals surface area contributed by atoms with Crippen molar-refractivity contribution in [3.63, 3.8) is 0 Å². The molecule has 112 valence electrons. The van der Waals surface area contributed by atoms with Gasteiger partial charge in [-0.1, -0.05) is 30.3 Å². The number of guanidine groups is 1. The second kappa shape index (κ2) is 9.18. The van der Waals surface area contributed by atoms with Crippen molar-refractivity contribution in [1.29, 1.82) is 0 Å². The maximum absolute atomic E-state index is 5.41. The van der Waals surface area contributed by atoms with Crippen LogP contribution in [0.25, 0.3) is 0 Å². The fraction of sp³-hybridized carbons (Fsp3) is 0.533. The average Bonchev–Trinajstić information content (AvgIpc) is 2.93. The van der Waals surface area contributed by atoms with Crippen molar-refractivity contribution in [3.8, 4) is 0 Å². The van der Waals surface area contributed by atoms with E-state index in [1.807, 2.05) is 13.1 Å². The molecule has 0 aromatic heterocycles. The van der Waals surface area contributed by atoms with E-state index < -0.39 is 0 Å². The minimum atomic E-state index is 0. The van der Waals surface area contributed by atoms with E-state index in [0.29, 0.717) is 5.92 Å². The second-order valence-electron chi connectivity index (χ2n) is 5.00. The Kier molecular flexibility index (Phi) is 7.91. The van der Waals surface area contributed by atoms with Crippen LogP contribution in [0.2, 0.25) is 0 Å². The van der Waals surface area contributed by atoms with Gasteiger partial charge in [0.25, 0.3) is 0 Å². The van der Waals surface area contributed by atoms with Crippen LogP contribution in [-0.2, 0) is 11.3 Å². The summed E-state index contributed by atoms with van der Waals surface area (Å²) < 4.78 is 5.41. The molecule has 0 bridgehead atoms. The second-order valence-corrected chi connectivity index (χ2v) is 5.00. The first-order chi connectivity index (χ1) is 9.29. The van der Waals surface area contributed by atoms with E-state index in [-0.39, 0.29) is 24.0 Å². The standard InChI is InChI=1S/C15H23N3O.HI/c1-16-15(17-10-13-6-4-3-5-7-13)18(2)11-14-8-9-19-12-14;/h3-7,14H,8-12H2,1-2H3,(H,16,17);1H. The zero-order valence-corrected chi connectivity index (χ0v) is 14.5. The quantitative estimate of drug-likeness (QED) is 0.488. The van der Waals surface area contributed by atoms with Crippen LogP contribution in [0.3, 0.4) is 0 Å². The molecule has 1 heterocycles. The smallest absolute Gasteiger partial charge is 0.193 e. The lowest BCUT2D eigenvalue weighted by atomic mass is 10.1. The normalized spacial score (nSPS) is 18.5. The van der Waals surface area contributed by atoms with Gasteiger partial charge in [0.15, 0.2) is 5.96 Å². The van der Waals surface area contributed by atoms with Crippen molar-refractivity contribution in [1.82, 2.24) is 10.2 Å². The molecule has 1 saturated heterocycles. The lowest BCUT2D eigenvalue weighted by Gasteiger charge is -2.24. The topological polar surface area (TPSA) is 36.9 Å². The Morgan fingerprint density at radius 2 is 2.15 bits per heavy atom. The lowest BCUT2D eigenvalue weighted by molar-refractivity contribution is 0.181. The molecule has 5 heteroatoms. The SMILES string of the molecule is CN=C(NCc1ccccc1)N(C)CC1CCOC1.I. The Morgan fingerprint density at radius 3 is 2.75 bits per heavy atom. The van der Waals surface area contributed by atoms with Crippen molar-refractivity contribution in [2.45, 2.75) is 13.0 Å². The number of nitrogens with zero attached hydrogens (tertiary/aromatic N) is 2. The molecule has 1 atom stereocenters. The number of hydrogen-bond donors (Lipinski definition) is 1. The van der Waals surface area contributed by atoms with Gasteiger partial charge < -0.3 is 15.0 Å². The molecule has 20 heavy (non-hydrogen) atoms. The molecule has 2 rings (SSSR count). The van der Waals surface area contributed by atoms with Gasteiger partial charge in [-0.15, -0.1) is 24.0 Å². The Morgan fingerprint density at radius 1 is 1.40 bits per heavy atom. The third-order valence-corrected chi connectivity index (χ3v) is 3.42. The summed E-state index contributed by atoms with van der Waals surface area (Å²) in [6.07, 6.45) is 1.15. The number of benzene rings is 1. The van der Waals surface area contributed by atoms with Gasteiger partial charge in [-0.05, 0) is 12.0 Å². The number of aliphatic imine (C=N–C) groups is 1. The van der Waals surface area contributed by atoms with Crippen LogP contribution in [0, 0.1) is 5.92 Å². The zero-order valence-electron chi connectivity index (χ0n) is 12.2. The molecule has 1 aromatic rings. The summed E-state index contributed by atoms with van der Waals surface area (Å²) in [5.74, 6) is 1.57. The first kappa shape index (κ1) is 17.2. The summed E-state index contributed by atoms with van der Waals surface area (Å²) in [5, 5.41) is 3.39. The highest BCUT2D eigenvalue weighted by molar-refractivity contribution is 14.0. The molecule has 1 N–H and O–H groups in total. The summed E-state index contributed by atoms with van der Waals surface area (Å²) >= 11 is 0. The Balaban J connectivity index is 0.00000200. The van der Waals surface area contributed by atoms with Crippen molar-refractivity contribution in [3.05, 3.63) is 35.9 Å². The Bertz CT molecular complexity index is 405. The zero-order chi connectivity index (χ0) is 13.5. The predicted octanol–water partition coefficient (Wildman–Crippen LogP) is 2.35. The highest BCUT2D eigenvalue weighted by Gasteiger charge is 2.18. The number of nitrogens with one attached hydrogen (secondary N) is 1. The van der Waals surface area contributed by atoms with E-state index in [4.69, 9.17) is 4.74 Å². The van der Waals surface area contributed by atoms with Gasteiger partial charge in [0.05, 0.1) is 6.61 Å². The van der Waals surface area contributed by atoms with Crippen molar-refractivity contribution >= 4 is 29.9 Å². The molecule has 0 saturated carbocycles. The van der Waals surface area contributed by atoms with Crippen molar-refractivity contribution < 1.29 is 4.74 Å². The van der Waals surface area contributed by atoms with Crippen LogP contribution in [0.5, 0.6) is 0 Å². The fourth-order valence-electron chi connectivity index (χ4n) is 2.36. The molecule has 1 aliphatic rings. The first-order valence-electron chi connectivity index (χ1n) is 6.83. The third kappa shape index (κ3) is 5.28. The van der Waals surface area contributed by atoms with E-state index in [0.717, 1.165) is 38.7 Å². The molecule has 0 radical (unpaired) electrons. The molecular formula is C15H24IN3O. The largest absolute Gasteiger partial charge is 0.381 e. The van der Waals surface area contributed by atoms with Crippen molar-refractivity contribution in [2.75, 3.05) is 33.9 Å². The Hall–Kier alpha value is -0.820. The van der Waals surface area contributed by atoms with Gasteiger partial charge in [0, 0.05) is 39.7 Å². The first-order valence-corrected chi connectivity index (χ1v) is 6.83. The van der Waals surface area contributed by atoms with Gasteiger partial charge in [-0.25, -0.2) is 0 Å². The fourth-order valence-corrected chi connectivity index (χ4v) is 2.36. The van der Waals surface area contributed by atoms with Crippen LogP contribution in [0.1, 0.15) is 12.0 Å². The molecule has 0 aliphatic carbocycles. The van der Waals surface area contributed by atoms with Gasteiger partial charge in [0.2, 0.25) is 0 Å². The summed E-state index contributed by atoms with van der Waals surface area (Å²) in [6.45, 7) is 3.57. The lowest BCUT2D eigenvalue weighted by Crippen LogP contribution is -2.41. The average molecular weight is 389 g/mol. The van der Waals surface area contributed by atoms with E-state index >= 15 is 0 Å². The number of hydrogen-bond acceptors (Lipinski definition) is 2. The minimum Gasteiger partial charge on any atom is -0.381 e. The van der Waals surface area contributed by atoms with E-state index in [1.165, 1.54) is 5.56 Å². The monoisotopic (exact) mass is 389 g/mol.